The maximum absolute atomic E-state index is 12.7. The Balaban J connectivity index is 1.66. The van der Waals surface area contributed by atoms with Crippen LogP contribution in [0.1, 0.15) is 78.6 Å². The van der Waals surface area contributed by atoms with E-state index in [1.807, 2.05) is 0 Å². The molecule has 7 aliphatic rings. The Bertz CT molecular complexity index is 675. The molecule has 0 aromatic carbocycles. The third kappa shape index (κ3) is 1.44. The monoisotopic (exact) mass is 357 g/mol. The predicted molar refractivity (Wildman–Crippen MR) is 101 cm³/mol. The second-order valence-electron chi connectivity index (χ2n) is 11.4. The number of nitrogens with zero attached hydrogens (tertiary/aromatic N) is 1. The van der Waals surface area contributed by atoms with Crippen LogP contribution in [-0.4, -0.2) is 35.6 Å². The molecule has 4 heterocycles. The summed E-state index contributed by atoms with van der Waals surface area (Å²) in [6.07, 6.45) is 10.9. The molecule has 7 rings (SSSR count). The molecular formula is C23H35NO2. The molecule has 8 atom stereocenters. The van der Waals surface area contributed by atoms with E-state index in [0.29, 0.717) is 17.9 Å². The minimum Gasteiger partial charge on any atom is -0.458 e. The van der Waals surface area contributed by atoms with Crippen molar-refractivity contribution >= 4 is 5.97 Å². The molecule has 3 heteroatoms. The Morgan fingerprint density at radius 3 is 2.77 bits per heavy atom. The van der Waals surface area contributed by atoms with Crippen LogP contribution in [0.5, 0.6) is 0 Å². The lowest BCUT2D eigenvalue weighted by atomic mass is 9.35. The number of hydrogen-bond acceptors (Lipinski definition) is 3. The van der Waals surface area contributed by atoms with Gasteiger partial charge in [-0.1, -0.05) is 20.8 Å². The summed E-state index contributed by atoms with van der Waals surface area (Å²) in [6.45, 7) is 10.0. The van der Waals surface area contributed by atoms with Crippen LogP contribution in [0.4, 0.5) is 0 Å². The summed E-state index contributed by atoms with van der Waals surface area (Å²) in [5, 5.41) is 0. The SMILES string of the molecule is CC(C)C1CCC2(C)C3CCC45CCC[C@]46OC(=O)CCC26C1N(C3)C5. The number of piperidine rings is 2. The van der Waals surface area contributed by atoms with Gasteiger partial charge in [0, 0.05) is 36.4 Å². The zero-order valence-corrected chi connectivity index (χ0v) is 16.9. The zero-order chi connectivity index (χ0) is 17.9. The number of rotatable bonds is 1. The lowest BCUT2D eigenvalue weighted by Gasteiger charge is -2.77. The average Bonchev–Trinajstić information content (AvgIpc) is 2.79. The smallest absolute Gasteiger partial charge is 0.306 e. The fourth-order valence-corrected chi connectivity index (χ4v) is 9.99. The van der Waals surface area contributed by atoms with Crippen LogP contribution in [0.3, 0.4) is 0 Å². The highest BCUT2D eigenvalue weighted by Gasteiger charge is 2.83. The van der Waals surface area contributed by atoms with Crippen molar-refractivity contribution in [3.05, 3.63) is 0 Å². The summed E-state index contributed by atoms with van der Waals surface area (Å²) in [6, 6.07) is 0.648. The number of hydrogen-bond donors (Lipinski definition) is 0. The maximum atomic E-state index is 12.7. The molecule has 3 nitrogen and oxygen atoms in total. The molecule has 0 aromatic heterocycles. The lowest BCUT2D eigenvalue weighted by Crippen LogP contribution is -2.83. The Morgan fingerprint density at radius 1 is 1.12 bits per heavy atom. The molecule has 26 heavy (non-hydrogen) atoms. The number of carbonyl (C=O) groups excluding carboxylic acids is 1. The van der Waals surface area contributed by atoms with Gasteiger partial charge in [-0.3, -0.25) is 9.69 Å². The van der Waals surface area contributed by atoms with Crippen molar-refractivity contribution in [3.8, 4) is 0 Å². The van der Waals surface area contributed by atoms with Crippen molar-refractivity contribution in [2.75, 3.05) is 13.1 Å². The van der Waals surface area contributed by atoms with E-state index in [-0.39, 0.29) is 22.4 Å². The molecular weight excluding hydrogens is 322 g/mol. The molecule has 3 spiro atoms. The van der Waals surface area contributed by atoms with Gasteiger partial charge in [0.25, 0.3) is 0 Å². The molecule has 6 bridgehead atoms. The quantitative estimate of drug-likeness (QED) is 0.652. The van der Waals surface area contributed by atoms with Crippen molar-refractivity contribution in [2.24, 2.45) is 34.0 Å². The Kier molecular flexibility index (Phi) is 2.96. The summed E-state index contributed by atoms with van der Waals surface area (Å²) in [7, 11) is 0. The van der Waals surface area contributed by atoms with E-state index < -0.39 is 0 Å². The maximum Gasteiger partial charge on any atom is 0.306 e. The lowest BCUT2D eigenvalue weighted by molar-refractivity contribution is -0.335. The molecule has 4 aliphatic heterocycles. The molecule has 7 fully saturated rings. The predicted octanol–water partition coefficient (Wildman–Crippen LogP) is 4.40. The normalized spacial score (nSPS) is 59.8. The molecule has 4 saturated heterocycles. The first-order chi connectivity index (χ1) is 12.4. The standard InChI is InChI=1S/C23H35NO2/c1-15(2)17-6-10-20(3)16-5-11-21-8-4-9-23(21)22(20,12-7-18(25)26-23)19(17)24(13-16)14-21/h15-17,19H,4-14H2,1-3H3/t16?,17?,19?,20?,21?,22?,23-/m0/s1. The summed E-state index contributed by atoms with van der Waals surface area (Å²) < 4.78 is 6.66. The second-order valence-corrected chi connectivity index (χ2v) is 11.4. The van der Waals surface area contributed by atoms with E-state index >= 15 is 0 Å². The van der Waals surface area contributed by atoms with Crippen LogP contribution in [0.15, 0.2) is 0 Å². The molecule has 0 radical (unpaired) electrons. The summed E-state index contributed by atoms with van der Waals surface area (Å²) in [5.74, 6) is 2.42. The molecule has 7 unspecified atom stereocenters. The molecule has 3 saturated carbocycles. The van der Waals surface area contributed by atoms with Gasteiger partial charge in [0.1, 0.15) is 5.60 Å². The van der Waals surface area contributed by atoms with Crippen molar-refractivity contribution < 1.29 is 9.53 Å². The zero-order valence-electron chi connectivity index (χ0n) is 16.9. The van der Waals surface area contributed by atoms with Gasteiger partial charge >= 0.3 is 5.97 Å². The molecule has 0 amide bonds. The topological polar surface area (TPSA) is 29.5 Å². The molecule has 0 aromatic rings. The Hall–Kier alpha value is -0.570. The van der Waals surface area contributed by atoms with Crippen LogP contribution in [0.2, 0.25) is 0 Å². The van der Waals surface area contributed by atoms with E-state index in [1.165, 1.54) is 51.6 Å². The largest absolute Gasteiger partial charge is 0.458 e. The molecule has 144 valence electrons. The van der Waals surface area contributed by atoms with Crippen LogP contribution < -0.4 is 0 Å². The first-order valence-corrected chi connectivity index (χ1v) is 11.4. The van der Waals surface area contributed by atoms with Crippen LogP contribution in [0.25, 0.3) is 0 Å². The number of fused-ring (bicyclic) bond motifs is 1. The van der Waals surface area contributed by atoms with Gasteiger partial charge in [-0.2, -0.15) is 0 Å². The van der Waals surface area contributed by atoms with Gasteiger partial charge in [0.05, 0.1) is 0 Å². The third-order valence-corrected chi connectivity index (χ3v) is 10.8. The highest BCUT2D eigenvalue weighted by Crippen LogP contribution is 2.80. The van der Waals surface area contributed by atoms with E-state index in [9.17, 15) is 4.79 Å². The van der Waals surface area contributed by atoms with Crippen LogP contribution >= 0.6 is 0 Å². The fraction of sp³-hybridized carbons (Fsp3) is 0.957. The minimum absolute atomic E-state index is 0.113. The van der Waals surface area contributed by atoms with Gasteiger partial charge < -0.3 is 4.74 Å². The molecule has 3 aliphatic carbocycles. The fourth-order valence-electron chi connectivity index (χ4n) is 9.99. The van der Waals surface area contributed by atoms with Crippen molar-refractivity contribution in [1.29, 1.82) is 0 Å². The third-order valence-electron chi connectivity index (χ3n) is 10.8. The highest BCUT2D eigenvalue weighted by molar-refractivity contribution is 5.72. The van der Waals surface area contributed by atoms with Gasteiger partial charge in [-0.15, -0.1) is 0 Å². The number of ether oxygens (including phenoxy) is 1. The van der Waals surface area contributed by atoms with E-state index in [1.54, 1.807) is 0 Å². The van der Waals surface area contributed by atoms with Crippen LogP contribution in [0, 0.1) is 34.0 Å². The average molecular weight is 358 g/mol. The van der Waals surface area contributed by atoms with E-state index in [4.69, 9.17) is 4.74 Å². The highest BCUT2D eigenvalue weighted by atomic mass is 16.6. The van der Waals surface area contributed by atoms with Crippen molar-refractivity contribution in [1.82, 2.24) is 4.90 Å². The Morgan fingerprint density at radius 2 is 1.96 bits per heavy atom. The summed E-state index contributed by atoms with van der Waals surface area (Å²) in [5.41, 5.74) is 0.695. The first-order valence-electron chi connectivity index (χ1n) is 11.4. The van der Waals surface area contributed by atoms with Crippen molar-refractivity contribution in [2.45, 2.75) is 90.2 Å². The summed E-state index contributed by atoms with van der Waals surface area (Å²) in [4.78, 5) is 15.6. The number of carbonyl (C=O) groups is 1. The van der Waals surface area contributed by atoms with Gasteiger partial charge in [0.15, 0.2) is 0 Å². The Labute approximate surface area is 158 Å². The van der Waals surface area contributed by atoms with E-state index in [0.717, 1.165) is 30.6 Å². The minimum atomic E-state index is -0.145. The van der Waals surface area contributed by atoms with Crippen molar-refractivity contribution in [3.63, 3.8) is 0 Å². The first kappa shape index (κ1) is 16.4. The van der Waals surface area contributed by atoms with E-state index in [2.05, 4.69) is 25.7 Å². The second kappa shape index (κ2) is 4.70. The van der Waals surface area contributed by atoms with Gasteiger partial charge in [-0.05, 0) is 74.5 Å². The number of esters is 1. The molecule has 0 N–H and O–H groups in total. The van der Waals surface area contributed by atoms with Crippen LogP contribution in [-0.2, 0) is 9.53 Å². The van der Waals surface area contributed by atoms with Gasteiger partial charge in [0.2, 0.25) is 0 Å². The summed E-state index contributed by atoms with van der Waals surface area (Å²) >= 11 is 0. The van der Waals surface area contributed by atoms with Gasteiger partial charge in [-0.25, -0.2) is 0 Å².